The Morgan fingerprint density at radius 1 is 1.07 bits per heavy atom. The molecule has 0 bridgehead atoms. The standard InChI is InChI=1S/C30H25ClF2N4O2.CH4/c31-22-8-5-18-13-30(9-10-30)36-29(39)21-15-37(25(38)12-20(21)26(18)27(22)33)24(11-16-1-2-16)28-34-14-23(35-28)17-3-6-19(32)7-4-17;/h3-8,12,14-16,24H,1-2,9-11,13H2,(H,34,35)(H,36,39);1H4/t24-;/m1./s1. The number of hydrogen-bond donors (Lipinski definition) is 2. The monoisotopic (exact) mass is 562 g/mol. The smallest absolute Gasteiger partial charge is 0.253 e. The molecule has 2 aromatic heterocycles. The number of benzene rings is 2. The minimum atomic E-state index is -0.623. The number of H-pyrrole nitrogens is 1. The van der Waals surface area contributed by atoms with Crippen LogP contribution in [0.3, 0.4) is 0 Å². The number of carbonyl (C=O) groups is 1. The van der Waals surface area contributed by atoms with Gasteiger partial charge in [0.05, 0.1) is 28.5 Å². The molecule has 1 aliphatic heterocycles. The van der Waals surface area contributed by atoms with E-state index in [4.69, 9.17) is 11.6 Å². The van der Waals surface area contributed by atoms with E-state index in [1.165, 1.54) is 28.8 Å². The summed E-state index contributed by atoms with van der Waals surface area (Å²) in [6.45, 7) is 0. The lowest BCUT2D eigenvalue weighted by Gasteiger charge is -2.26. The zero-order valence-electron chi connectivity index (χ0n) is 20.9. The third-order valence-electron chi connectivity index (χ3n) is 8.19. The van der Waals surface area contributed by atoms with Gasteiger partial charge in [0.25, 0.3) is 11.5 Å². The Morgan fingerprint density at radius 3 is 2.52 bits per heavy atom. The maximum atomic E-state index is 15.5. The molecule has 40 heavy (non-hydrogen) atoms. The van der Waals surface area contributed by atoms with Gasteiger partial charge in [0.1, 0.15) is 17.5 Å². The second-order valence-corrected chi connectivity index (χ2v) is 11.4. The fraction of sp³-hybridized carbons (Fsp3) is 0.323. The van der Waals surface area contributed by atoms with E-state index in [1.54, 1.807) is 30.6 Å². The van der Waals surface area contributed by atoms with Gasteiger partial charge in [-0.3, -0.25) is 9.59 Å². The van der Waals surface area contributed by atoms with Gasteiger partial charge >= 0.3 is 0 Å². The maximum absolute atomic E-state index is 15.5. The topological polar surface area (TPSA) is 79.8 Å². The van der Waals surface area contributed by atoms with E-state index in [2.05, 4.69) is 15.3 Å². The van der Waals surface area contributed by atoms with E-state index in [0.29, 0.717) is 30.3 Å². The average Bonchev–Trinajstić information content (AvgIpc) is 3.83. The fourth-order valence-electron chi connectivity index (χ4n) is 5.69. The Hall–Kier alpha value is -3.78. The molecule has 206 valence electrons. The lowest BCUT2D eigenvalue weighted by molar-refractivity contribution is 0.0930. The van der Waals surface area contributed by atoms with Gasteiger partial charge in [-0.05, 0) is 73.1 Å². The molecule has 4 aromatic rings. The summed E-state index contributed by atoms with van der Waals surface area (Å²) in [6, 6.07) is 10.3. The molecule has 1 amide bonds. The van der Waals surface area contributed by atoms with Crippen LogP contribution >= 0.6 is 11.6 Å². The fourth-order valence-corrected chi connectivity index (χ4v) is 5.84. The number of halogens is 3. The van der Waals surface area contributed by atoms with Crippen molar-refractivity contribution in [2.24, 2.45) is 5.92 Å². The van der Waals surface area contributed by atoms with Crippen LogP contribution in [0.5, 0.6) is 0 Å². The summed E-state index contributed by atoms with van der Waals surface area (Å²) in [5.41, 5.74) is 2.11. The van der Waals surface area contributed by atoms with Gasteiger partial charge in [-0.2, -0.15) is 0 Å². The Labute approximate surface area is 235 Å². The molecule has 1 spiro atoms. The van der Waals surface area contributed by atoms with Crippen LogP contribution in [-0.4, -0.2) is 26.0 Å². The van der Waals surface area contributed by atoms with Crippen molar-refractivity contribution in [3.05, 3.63) is 98.8 Å². The van der Waals surface area contributed by atoms with Crippen molar-refractivity contribution < 1.29 is 13.6 Å². The quantitative estimate of drug-likeness (QED) is 0.285. The van der Waals surface area contributed by atoms with Crippen LogP contribution in [0, 0.1) is 17.6 Å². The highest BCUT2D eigenvalue weighted by atomic mass is 35.5. The number of aromatic amines is 1. The lowest BCUT2D eigenvalue weighted by Crippen LogP contribution is -2.41. The van der Waals surface area contributed by atoms with Crippen molar-refractivity contribution in [2.45, 2.75) is 57.5 Å². The highest BCUT2D eigenvalue weighted by molar-refractivity contribution is 6.31. The Bertz CT molecular complexity index is 1690. The highest BCUT2D eigenvalue weighted by Crippen LogP contribution is 2.45. The molecule has 2 aromatic carbocycles. The van der Waals surface area contributed by atoms with Crippen LogP contribution in [-0.2, 0) is 6.42 Å². The molecule has 2 N–H and O–H groups in total. The van der Waals surface area contributed by atoms with Crippen LogP contribution in [0.15, 0.2) is 59.7 Å². The highest BCUT2D eigenvalue weighted by Gasteiger charge is 2.46. The van der Waals surface area contributed by atoms with Gasteiger partial charge in [-0.15, -0.1) is 0 Å². The number of rotatable bonds is 5. The van der Waals surface area contributed by atoms with E-state index in [0.717, 1.165) is 36.8 Å². The molecule has 0 saturated heterocycles. The summed E-state index contributed by atoms with van der Waals surface area (Å²) < 4.78 is 30.5. The van der Waals surface area contributed by atoms with Crippen LogP contribution < -0.4 is 10.9 Å². The summed E-state index contributed by atoms with van der Waals surface area (Å²) in [6.07, 6.45) is 8.08. The predicted molar refractivity (Wildman–Crippen MR) is 150 cm³/mol. The molecule has 6 nitrogen and oxygen atoms in total. The number of fused-ring (bicyclic) bond motifs is 3. The van der Waals surface area contributed by atoms with Gasteiger partial charge in [0, 0.05) is 28.9 Å². The molecule has 7 rings (SSSR count). The first-order valence-electron chi connectivity index (χ1n) is 13.2. The van der Waals surface area contributed by atoms with Gasteiger partial charge in [-0.25, -0.2) is 13.8 Å². The molecule has 0 unspecified atom stereocenters. The molecular weight excluding hydrogens is 534 g/mol. The van der Waals surface area contributed by atoms with E-state index in [-0.39, 0.29) is 46.4 Å². The zero-order chi connectivity index (χ0) is 26.9. The molecule has 3 heterocycles. The Kier molecular flexibility index (Phi) is 6.41. The van der Waals surface area contributed by atoms with Crippen LogP contribution in [0.25, 0.3) is 22.4 Å². The Morgan fingerprint density at radius 2 is 1.82 bits per heavy atom. The SMILES string of the molecule is C.O=C1NC2(CC2)Cc2ccc(Cl)c(F)c2-c2cc(=O)n([C@H](CC3CC3)c3ncc(-c4ccc(F)cc4)[nH]3)cc21. The molecular formula is C31H29ClF2N4O2. The van der Waals surface area contributed by atoms with Gasteiger partial charge in [-0.1, -0.05) is 37.9 Å². The van der Waals surface area contributed by atoms with Crippen molar-refractivity contribution in [3.8, 4) is 22.4 Å². The summed E-state index contributed by atoms with van der Waals surface area (Å²) >= 11 is 6.16. The second kappa shape index (κ2) is 9.70. The predicted octanol–water partition coefficient (Wildman–Crippen LogP) is 6.68. The molecule has 3 aliphatic rings. The van der Waals surface area contributed by atoms with E-state index >= 15 is 4.39 Å². The summed E-state index contributed by atoms with van der Waals surface area (Å²) in [4.78, 5) is 35.1. The average molecular weight is 563 g/mol. The Balaban J connectivity index is 0.00000289. The largest absolute Gasteiger partial charge is 0.346 e. The number of aromatic nitrogens is 3. The normalized spacial score (nSPS) is 17.6. The molecule has 2 aliphatic carbocycles. The number of imidazole rings is 1. The van der Waals surface area contributed by atoms with Crippen molar-refractivity contribution in [3.63, 3.8) is 0 Å². The number of pyridine rings is 1. The van der Waals surface area contributed by atoms with Crippen molar-refractivity contribution in [2.75, 3.05) is 0 Å². The maximum Gasteiger partial charge on any atom is 0.253 e. The first-order valence-corrected chi connectivity index (χ1v) is 13.5. The minimum Gasteiger partial charge on any atom is -0.346 e. The van der Waals surface area contributed by atoms with Crippen molar-refractivity contribution in [1.29, 1.82) is 0 Å². The number of nitrogens with one attached hydrogen (secondary N) is 2. The molecule has 2 saturated carbocycles. The second-order valence-electron chi connectivity index (χ2n) is 11.0. The number of amides is 1. The van der Waals surface area contributed by atoms with Crippen molar-refractivity contribution in [1.82, 2.24) is 19.9 Å². The molecule has 1 atom stereocenters. The molecule has 9 heteroatoms. The lowest BCUT2D eigenvalue weighted by atomic mass is 9.89. The minimum absolute atomic E-state index is 0. The van der Waals surface area contributed by atoms with Crippen LogP contribution in [0.1, 0.15) is 67.3 Å². The third-order valence-corrected chi connectivity index (χ3v) is 8.48. The summed E-state index contributed by atoms with van der Waals surface area (Å²) in [5.74, 6) is -0.282. The first kappa shape index (κ1) is 26.4. The summed E-state index contributed by atoms with van der Waals surface area (Å²) in [7, 11) is 0. The van der Waals surface area contributed by atoms with E-state index in [9.17, 15) is 14.0 Å². The number of nitrogens with zero attached hydrogens (tertiary/aromatic N) is 2. The van der Waals surface area contributed by atoms with Crippen LogP contribution in [0.2, 0.25) is 5.02 Å². The number of hydrogen-bond acceptors (Lipinski definition) is 3. The third kappa shape index (κ3) is 4.64. The molecule has 2 fully saturated rings. The van der Waals surface area contributed by atoms with Gasteiger partial charge < -0.3 is 14.9 Å². The van der Waals surface area contributed by atoms with Crippen molar-refractivity contribution >= 4 is 17.5 Å². The summed E-state index contributed by atoms with van der Waals surface area (Å²) in [5, 5.41) is 3.09. The van der Waals surface area contributed by atoms with E-state index < -0.39 is 17.4 Å². The zero-order valence-corrected chi connectivity index (χ0v) is 21.7. The number of carbonyl (C=O) groups excluding carboxylic acids is 1. The van der Waals surface area contributed by atoms with Gasteiger partial charge in [0.15, 0.2) is 0 Å². The van der Waals surface area contributed by atoms with Crippen LogP contribution in [0.4, 0.5) is 8.78 Å². The first-order chi connectivity index (χ1) is 18.8. The molecule has 0 radical (unpaired) electrons. The van der Waals surface area contributed by atoms with Gasteiger partial charge in [0.2, 0.25) is 0 Å². The van der Waals surface area contributed by atoms with E-state index in [1.807, 2.05) is 0 Å².